The molecule has 0 bridgehead atoms. The number of benzene rings is 2. The summed E-state index contributed by atoms with van der Waals surface area (Å²) in [5.74, 6) is 4.91. The zero-order valence-electron chi connectivity index (χ0n) is 12.5. The van der Waals surface area contributed by atoms with Crippen molar-refractivity contribution in [1.82, 2.24) is 5.43 Å². The van der Waals surface area contributed by atoms with Crippen LogP contribution < -0.4 is 16.2 Å². The molecule has 0 saturated heterocycles. The minimum atomic E-state index is -0.268. The van der Waals surface area contributed by atoms with Gasteiger partial charge in [0.15, 0.2) is 0 Å². The third kappa shape index (κ3) is 3.83. The second-order valence-corrected chi connectivity index (χ2v) is 5.03. The van der Waals surface area contributed by atoms with Crippen molar-refractivity contribution >= 4 is 11.6 Å². The van der Waals surface area contributed by atoms with Gasteiger partial charge in [-0.05, 0) is 49.2 Å². The number of nitrogens with zero attached hydrogens (tertiary/aromatic N) is 1. The standard InChI is InChI=1S/C17H21N3O/c1-3-20(16-9-4-6-13(2)10-16)12-14-7-5-8-15(11-14)17(21)19-18/h4-11H,3,12,18H2,1-2H3,(H,19,21). The molecular weight excluding hydrogens is 262 g/mol. The van der Waals surface area contributed by atoms with Gasteiger partial charge in [-0.25, -0.2) is 5.84 Å². The smallest absolute Gasteiger partial charge is 0.265 e. The molecule has 0 radical (unpaired) electrons. The highest BCUT2D eigenvalue weighted by molar-refractivity contribution is 5.93. The lowest BCUT2D eigenvalue weighted by Crippen LogP contribution is -2.30. The van der Waals surface area contributed by atoms with Crippen LogP contribution in [0.1, 0.15) is 28.4 Å². The van der Waals surface area contributed by atoms with Gasteiger partial charge in [0.25, 0.3) is 5.91 Å². The van der Waals surface area contributed by atoms with Gasteiger partial charge >= 0.3 is 0 Å². The Morgan fingerprint density at radius 3 is 2.62 bits per heavy atom. The van der Waals surface area contributed by atoms with E-state index in [-0.39, 0.29) is 5.91 Å². The number of anilines is 1. The Bertz CT molecular complexity index is 625. The molecule has 110 valence electrons. The molecule has 0 aliphatic carbocycles. The van der Waals surface area contributed by atoms with Gasteiger partial charge in [-0.2, -0.15) is 0 Å². The summed E-state index contributed by atoms with van der Waals surface area (Å²) in [7, 11) is 0. The minimum Gasteiger partial charge on any atom is -0.367 e. The van der Waals surface area contributed by atoms with Crippen molar-refractivity contribution in [1.29, 1.82) is 0 Å². The van der Waals surface area contributed by atoms with Crippen LogP contribution in [0.4, 0.5) is 5.69 Å². The monoisotopic (exact) mass is 283 g/mol. The van der Waals surface area contributed by atoms with Crippen molar-refractivity contribution in [2.45, 2.75) is 20.4 Å². The van der Waals surface area contributed by atoms with Gasteiger partial charge in [-0.3, -0.25) is 10.2 Å². The summed E-state index contributed by atoms with van der Waals surface area (Å²) in [4.78, 5) is 13.9. The van der Waals surface area contributed by atoms with Crippen molar-refractivity contribution in [2.24, 2.45) is 5.84 Å². The summed E-state index contributed by atoms with van der Waals surface area (Å²) in [5, 5.41) is 0. The molecule has 0 unspecified atom stereocenters. The molecule has 21 heavy (non-hydrogen) atoms. The molecule has 0 heterocycles. The lowest BCUT2D eigenvalue weighted by Gasteiger charge is -2.24. The average Bonchev–Trinajstić information content (AvgIpc) is 2.52. The van der Waals surface area contributed by atoms with Crippen molar-refractivity contribution in [3.05, 3.63) is 65.2 Å². The summed E-state index contributed by atoms with van der Waals surface area (Å²) in [6.07, 6.45) is 0. The van der Waals surface area contributed by atoms with Crippen LogP contribution in [0.25, 0.3) is 0 Å². The van der Waals surface area contributed by atoms with Gasteiger partial charge in [-0.1, -0.05) is 24.3 Å². The van der Waals surface area contributed by atoms with Crippen LogP contribution in [-0.2, 0) is 6.54 Å². The molecule has 0 aliphatic rings. The van der Waals surface area contributed by atoms with E-state index in [2.05, 4.69) is 48.4 Å². The van der Waals surface area contributed by atoms with Crippen molar-refractivity contribution in [3.8, 4) is 0 Å². The SMILES string of the molecule is CCN(Cc1cccc(C(=O)NN)c1)c1cccc(C)c1. The molecule has 0 aromatic heterocycles. The first-order valence-corrected chi connectivity index (χ1v) is 7.05. The zero-order valence-corrected chi connectivity index (χ0v) is 12.5. The van der Waals surface area contributed by atoms with Gasteiger partial charge in [0.2, 0.25) is 0 Å². The van der Waals surface area contributed by atoms with E-state index >= 15 is 0 Å². The second kappa shape index (κ2) is 6.90. The van der Waals surface area contributed by atoms with Crippen LogP contribution in [0.3, 0.4) is 0 Å². The van der Waals surface area contributed by atoms with Gasteiger partial charge in [-0.15, -0.1) is 0 Å². The quantitative estimate of drug-likeness (QED) is 0.504. The Kier molecular flexibility index (Phi) is 4.95. The van der Waals surface area contributed by atoms with Crippen LogP contribution in [0.15, 0.2) is 48.5 Å². The number of rotatable bonds is 5. The topological polar surface area (TPSA) is 58.4 Å². The normalized spacial score (nSPS) is 10.2. The number of nitrogens with one attached hydrogen (secondary N) is 1. The Morgan fingerprint density at radius 2 is 1.95 bits per heavy atom. The van der Waals surface area contributed by atoms with E-state index in [1.54, 1.807) is 6.07 Å². The number of nitrogens with two attached hydrogens (primary N) is 1. The second-order valence-electron chi connectivity index (χ2n) is 5.03. The summed E-state index contributed by atoms with van der Waals surface area (Å²) >= 11 is 0. The van der Waals surface area contributed by atoms with E-state index in [0.29, 0.717) is 5.56 Å². The molecule has 4 heteroatoms. The number of hydrogen-bond donors (Lipinski definition) is 2. The van der Waals surface area contributed by atoms with Crippen molar-refractivity contribution in [3.63, 3.8) is 0 Å². The summed E-state index contributed by atoms with van der Waals surface area (Å²) in [6, 6.07) is 16.0. The zero-order chi connectivity index (χ0) is 15.2. The third-order valence-electron chi connectivity index (χ3n) is 3.44. The molecule has 4 nitrogen and oxygen atoms in total. The number of hydrogen-bond acceptors (Lipinski definition) is 3. The van der Waals surface area contributed by atoms with E-state index < -0.39 is 0 Å². The van der Waals surface area contributed by atoms with Gasteiger partial charge < -0.3 is 4.90 Å². The Hall–Kier alpha value is -2.33. The van der Waals surface area contributed by atoms with Crippen LogP contribution >= 0.6 is 0 Å². The number of carbonyl (C=O) groups excluding carboxylic acids is 1. The molecule has 0 atom stereocenters. The molecule has 3 N–H and O–H groups in total. The van der Waals surface area contributed by atoms with Crippen LogP contribution in [-0.4, -0.2) is 12.5 Å². The fourth-order valence-electron chi connectivity index (χ4n) is 2.32. The maximum absolute atomic E-state index is 11.6. The first-order valence-electron chi connectivity index (χ1n) is 7.05. The predicted octanol–water partition coefficient (Wildman–Crippen LogP) is 2.63. The number of aryl methyl sites for hydroxylation is 1. The number of amides is 1. The molecule has 2 aromatic rings. The molecule has 1 amide bonds. The maximum Gasteiger partial charge on any atom is 0.265 e. The molecule has 2 aromatic carbocycles. The molecule has 2 rings (SSSR count). The van der Waals surface area contributed by atoms with E-state index in [0.717, 1.165) is 18.7 Å². The minimum absolute atomic E-state index is 0.268. The van der Waals surface area contributed by atoms with E-state index in [4.69, 9.17) is 5.84 Å². The summed E-state index contributed by atoms with van der Waals surface area (Å²) in [6.45, 7) is 5.87. The Labute approximate surface area is 125 Å². The molecule has 0 aliphatic heterocycles. The Morgan fingerprint density at radius 1 is 1.19 bits per heavy atom. The van der Waals surface area contributed by atoms with Crippen LogP contribution in [0.2, 0.25) is 0 Å². The average molecular weight is 283 g/mol. The first-order chi connectivity index (χ1) is 10.1. The first kappa shape index (κ1) is 15.1. The Balaban J connectivity index is 2.21. The fraction of sp³-hybridized carbons (Fsp3) is 0.235. The molecule has 0 spiro atoms. The highest BCUT2D eigenvalue weighted by Gasteiger charge is 2.08. The largest absolute Gasteiger partial charge is 0.367 e. The number of nitrogen functional groups attached to an aromatic ring is 1. The fourth-order valence-corrected chi connectivity index (χ4v) is 2.32. The van der Waals surface area contributed by atoms with Crippen LogP contribution in [0, 0.1) is 6.92 Å². The lowest BCUT2D eigenvalue weighted by molar-refractivity contribution is 0.0953. The summed E-state index contributed by atoms with van der Waals surface area (Å²) in [5.41, 5.74) is 6.25. The van der Waals surface area contributed by atoms with E-state index in [1.807, 2.05) is 18.2 Å². The molecular formula is C17H21N3O. The highest BCUT2D eigenvalue weighted by Crippen LogP contribution is 2.19. The lowest BCUT2D eigenvalue weighted by atomic mass is 10.1. The molecule has 0 fully saturated rings. The van der Waals surface area contributed by atoms with Gasteiger partial charge in [0.1, 0.15) is 0 Å². The number of carbonyl (C=O) groups is 1. The van der Waals surface area contributed by atoms with Crippen LogP contribution in [0.5, 0.6) is 0 Å². The maximum atomic E-state index is 11.6. The van der Waals surface area contributed by atoms with Crippen molar-refractivity contribution < 1.29 is 4.79 Å². The number of hydrazine groups is 1. The third-order valence-corrected chi connectivity index (χ3v) is 3.44. The molecule has 0 saturated carbocycles. The highest BCUT2D eigenvalue weighted by atomic mass is 16.2. The van der Waals surface area contributed by atoms with E-state index in [9.17, 15) is 4.79 Å². The summed E-state index contributed by atoms with van der Waals surface area (Å²) < 4.78 is 0. The predicted molar refractivity (Wildman–Crippen MR) is 86.0 cm³/mol. The van der Waals surface area contributed by atoms with E-state index in [1.165, 1.54) is 11.3 Å². The van der Waals surface area contributed by atoms with Crippen molar-refractivity contribution in [2.75, 3.05) is 11.4 Å². The van der Waals surface area contributed by atoms with Gasteiger partial charge in [0, 0.05) is 24.3 Å². The van der Waals surface area contributed by atoms with Gasteiger partial charge in [0.05, 0.1) is 0 Å².